The van der Waals surface area contributed by atoms with Gasteiger partial charge in [-0.1, -0.05) is 12.1 Å². The van der Waals surface area contributed by atoms with Gasteiger partial charge in [-0.3, -0.25) is 0 Å². The molecule has 4 heteroatoms. The van der Waals surface area contributed by atoms with Gasteiger partial charge >= 0.3 is 0 Å². The summed E-state index contributed by atoms with van der Waals surface area (Å²) in [7, 11) is 0. The molecule has 0 saturated heterocycles. The van der Waals surface area contributed by atoms with Crippen molar-refractivity contribution in [3.63, 3.8) is 0 Å². The maximum atomic E-state index is 5.60. The second-order valence-corrected chi connectivity index (χ2v) is 4.57. The van der Waals surface area contributed by atoms with Crippen molar-refractivity contribution in [3.05, 3.63) is 40.7 Å². The van der Waals surface area contributed by atoms with Crippen molar-refractivity contribution < 1.29 is 8.94 Å². The van der Waals surface area contributed by atoms with Gasteiger partial charge in [0.05, 0.1) is 11.7 Å². The molecular weight excluding hydrogens is 228 g/mol. The Morgan fingerprint density at radius 3 is 2.72 bits per heavy atom. The zero-order valence-corrected chi connectivity index (χ0v) is 11.4. The topological polar surface area (TPSA) is 51.2 Å². The summed E-state index contributed by atoms with van der Waals surface area (Å²) in [5.74, 6) is 2.79. The first-order valence-corrected chi connectivity index (χ1v) is 6.35. The SMILES string of the molecule is CCc1noc(C)c1CN[C@H](C)c1ccc(C)o1. The first-order chi connectivity index (χ1) is 8.61. The van der Waals surface area contributed by atoms with Crippen molar-refractivity contribution in [2.75, 3.05) is 0 Å². The van der Waals surface area contributed by atoms with Crippen LogP contribution in [0.1, 0.15) is 48.4 Å². The normalized spacial score (nSPS) is 12.9. The van der Waals surface area contributed by atoms with E-state index in [-0.39, 0.29) is 6.04 Å². The molecule has 2 aromatic rings. The average molecular weight is 248 g/mol. The Kier molecular flexibility index (Phi) is 3.87. The molecule has 98 valence electrons. The van der Waals surface area contributed by atoms with E-state index in [1.54, 1.807) is 0 Å². The standard InChI is InChI=1S/C14H20N2O2/c1-5-13-12(11(4)18-16-13)8-15-10(3)14-7-6-9(2)17-14/h6-7,10,15H,5,8H2,1-4H3/t10-/m1/s1. The minimum Gasteiger partial charge on any atom is -0.465 e. The van der Waals surface area contributed by atoms with E-state index >= 15 is 0 Å². The number of aromatic nitrogens is 1. The highest BCUT2D eigenvalue weighted by molar-refractivity contribution is 5.22. The second-order valence-electron chi connectivity index (χ2n) is 4.57. The van der Waals surface area contributed by atoms with Crippen LogP contribution >= 0.6 is 0 Å². The zero-order valence-electron chi connectivity index (χ0n) is 11.4. The van der Waals surface area contributed by atoms with Gasteiger partial charge in [-0.05, 0) is 39.3 Å². The van der Waals surface area contributed by atoms with Gasteiger partial charge in [0.2, 0.25) is 0 Å². The highest BCUT2D eigenvalue weighted by atomic mass is 16.5. The summed E-state index contributed by atoms with van der Waals surface area (Å²) in [6.07, 6.45) is 0.891. The third kappa shape index (κ3) is 2.64. The molecule has 0 aromatic carbocycles. The highest BCUT2D eigenvalue weighted by Gasteiger charge is 2.14. The van der Waals surface area contributed by atoms with Crippen molar-refractivity contribution in [2.24, 2.45) is 0 Å². The lowest BCUT2D eigenvalue weighted by molar-refractivity contribution is 0.388. The molecule has 0 saturated carbocycles. The third-order valence-electron chi connectivity index (χ3n) is 3.17. The molecule has 0 radical (unpaired) electrons. The number of furan rings is 1. The fourth-order valence-corrected chi connectivity index (χ4v) is 1.98. The van der Waals surface area contributed by atoms with Gasteiger partial charge in [-0.25, -0.2) is 0 Å². The predicted molar refractivity (Wildman–Crippen MR) is 69.3 cm³/mol. The molecule has 2 aromatic heterocycles. The molecule has 4 nitrogen and oxygen atoms in total. The molecule has 0 fully saturated rings. The van der Waals surface area contributed by atoms with Crippen LogP contribution in [0.15, 0.2) is 21.1 Å². The van der Waals surface area contributed by atoms with Gasteiger partial charge in [0.15, 0.2) is 0 Å². The van der Waals surface area contributed by atoms with Crippen molar-refractivity contribution in [2.45, 2.75) is 46.7 Å². The molecule has 0 spiro atoms. The molecule has 2 heterocycles. The number of hydrogen-bond donors (Lipinski definition) is 1. The van der Waals surface area contributed by atoms with Gasteiger partial charge in [0.1, 0.15) is 17.3 Å². The number of aryl methyl sites for hydroxylation is 3. The molecule has 18 heavy (non-hydrogen) atoms. The van der Waals surface area contributed by atoms with E-state index in [0.717, 1.165) is 41.5 Å². The maximum Gasteiger partial charge on any atom is 0.138 e. The van der Waals surface area contributed by atoms with Crippen LogP contribution in [-0.2, 0) is 13.0 Å². The molecule has 0 bridgehead atoms. The Hall–Kier alpha value is -1.55. The van der Waals surface area contributed by atoms with Gasteiger partial charge in [-0.15, -0.1) is 0 Å². The fourth-order valence-electron chi connectivity index (χ4n) is 1.98. The van der Waals surface area contributed by atoms with E-state index in [4.69, 9.17) is 8.94 Å². The Morgan fingerprint density at radius 2 is 2.11 bits per heavy atom. The average Bonchev–Trinajstić information content (AvgIpc) is 2.93. The van der Waals surface area contributed by atoms with Crippen molar-refractivity contribution in [1.29, 1.82) is 0 Å². The monoisotopic (exact) mass is 248 g/mol. The van der Waals surface area contributed by atoms with Gasteiger partial charge in [0, 0.05) is 12.1 Å². The summed E-state index contributed by atoms with van der Waals surface area (Å²) in [4.78, 5) is 0. The number of rotatable bonds is 5. The summed E-state index contributed by atoms with van der Waals surface area (Å²) in [5.41, 5.74) is 2.19. The largest absolute Gasteiger partial charge is 0.465 e. The molecule has 0 aliphatic heterocycles. The summed E-state index contributed by atoms with van der Waals surface area (Å²) in [6, 6.07) is 4.17. The molecule has 0 unspecified atom stereocenters. The third-order valence-corrected chi connectivity index (χ3v) is 3.17. The highest BCUT2D eigenvalue weighted by Crippen LogP contribution is 2.18. The molecule has 0 aliphatic carbocycles. The zero-order chi connectivity index (χ0) is 13.1. The lowest BCUT2D eigenvalue weighted by Crippen LogP contribution is -2.18. The summed E-state index contributed by atoms with van der Waals surface area (Å²) in [6.45, 7) is 8.83. The summed E-state index contributed by atoms with van der Waals surface area (Å²) >= 11 is 0. The van der Waals surface area contributed by atoms with Gasteiger partial charge in [-0.2, -0.15) is 0 Å². The minimum absolute atomic E-state index is 0.178. The molecule has 0 amide bonds. The van der Waals surface area contributed by atoms with E-state index in [9.17, 15) is 0 Å². The molecule has 1 atom stereocenters. The first kappa shape index (κ1) is 12.9. The van der Waals surface area contributed by atoms with Crippen LogP contribution in [0, 0.1) is 13.8 Å². The molecule has 2 rings (SSSR count). The van der Waals surface area contributed by atoms with Crippen molar-refractivity contribution in [1.82, 2.24) is 10.5 Å². The van der Waals surface area contributed by atoms with Crippen LogP contribution in [0.5, 0.6) is 0 Å². The Labute approximate surface area is 107 Å². The minimum atomic E-state index is 0.178. The van der Waals surface area contributed by atoms with Crippen molar-refractivity contribution in [3.8, 4) is 0 Å². The predicted octanol–water partition coefficient (Wildman–Crippen LogP) is 3.30. The van der Waals surface area contributed by atoms with Gasteiger partial charge in [0.25, 0.3) is 0 Å². The first-order valence-electron chi connectivity index (χ1n) is 6.35. The lowest BCUT2D eigenvalue weighted by atomic mass is 10.1. The quantitative estimate of drug-likeness (QED) is 0.882. The fraction of sp³-hybridized carbons (Fsp3) is 0.500. The van der Waals surface area contributed by atoms with Crippen LogP contribution < -0.4 is 5.32 Å². The van der Waals surface area contributed by atoms with Crippen LogP contribution in [0.4, 0.5) is 0 Å². The Bertz CT molecular complexity index is 514. The van der Waals surface area contributed by atoms with E-state index < -0.39 is 0 Å². The van der Waals surface area contributed by atoms with Crippen LogP contribution in [0.25, 0.3) is 0 Å². The number of hydrogen-bond acceptors (Lipinski definition) is 4. The lowest BCUT2D eigenvalue weighted by Gasteiger charge is -2.11. The van der Waals surface area contributed by atoms with E-state index in [1.165, 1.54) is 0 Å². The van der Waals surface area contributed by atoms with Crippen molar-refractivity contribution >= 4 is 0 Å². The van der Waals surface area contributed by atoms with Crippen LogP contribution in [0.2, 0.25) is 0 Å². The molecule has 0 aliphatic rings. The summed E-state index contributed by atoms with van der Waals surface area (Å²) < 4.78 is 10.8. The maximum absolute atomic E-state index is 5.60. The number of nitrogens with one attached hydrogen (secondary N) is 1. The van der Waals surface area contributed by atoms with Crippen LogP contribution in [-0.4, -0.2) is 5.16 Å². The summed E-state index contributed by atoms with van der Waals surface area (Å²) in [5, 5.41) is 7.49. The van der Waals surface area contributed by atoms with E-state index in [1.807, 2.05) is 26.0 Å². The van der Waals surface area contributed by atoms with E-state index in [0.29, 0.717) is 0 Å². The molecule has 1 N–H and O–H groups in total. The van der Waals surface area contributed by atoms with Gasteiger partial charge < -0.3 is 14.3 Å². The Balaban J connectivity index is 2.01. The Morgan fingerprint density at radius 1 is 1.33 bits per heavy atom. The van der Waals surface area contributed by atoms with E-state index in [2.05, 4.69) is 24.3 Å². The second kappa shape index (κ2) is 5.40. The number of nitrogens with zero attached hydrogens (tertiary/aromatic N) is 1. The van der Waals surface area contributed by atoms with Crippen LogP contribution in [0.3, 0.4) is 0 Å². The molecular formula is C14H20N2O2. The smallest absolute Gasteiger partial charge is 0.138 e.